The van der Waals surface area contributed by atoms with E-state index < -0.39 is 5.97 Å². The molecule has 1 atom stereocenters. The molecule has 0 heterocycles. The fourth-order valence-corrected chi connectivity index (χ4v) is 1.20. The number of amides is 2. The van der Waals surface area contributed by atoms with Crippen LogP contribution in [0.4, 0.5) is 4.79 Å². The summed E-state index contributed by atoms with van der Waals surface area (Å²) in [7, 11) is 0. The van der Waals surface area contributed by atoms with Gasteiger partial charge in [-0.05, 0) is 20.3 Å². The normalized spacial score (nSPS) is 11.5. The third-order valence-corrected chi connectivity index (χ3v) is 2.27. The zero-order valence-corrected chi connectivity index (χ0v) is 11.5. The number of carbonyl (C=O) groups excluding carboxylic acids is 2. The highest BCUT2D eigenvalue weighted by Crippen LogP contribution is 1.97. The summed E-state index contributed by atoms with van der Waals surface area (Å²) in [5, 5.41) is 5.39. The van der Waals surface area contributed by atoms with Crippen molar-refractivity contribution in [1.29, 1.82) is 0 Å². The first-order valence-electron chi connectivity index (χ1n) is 6.35. The summed E-state index contributed by atoms with van der Waals surface area (Å²) in [6.45, 7) is 9.86. The molecule has 0 aromatic carbocycles. The Labute approximate surface area is 109 Å². The van der Waals surface area contributed by atoms with E-state index in [-0.39, 0.29) is 12.1 Å². The maximum atomic E-state index is 11.4. The number of ether oxygens (including phenoxy) is 1. The Morgan fingerprint density at radius 3 is 2.50 bits per heavy atom. The predicted octanol–water partition coefficient (Wildman–Crippen LogP) is 1.98. The molecule has 2 amide bonds. The van der Waals surface area contributed by atoms with Crippen LogP contribution in [-0.4, -0.2) is 31.2 Å². The van der Waals surface area contributed by atoms with Crippen molar-refractivity contribution in [1.82, 2.24) is 10.6 Å². The summed E-state index contributed by atoms with van der Waals surface area (Å²) in [4.78, 5) is 22.5. The van der Waals surface area contributed by atoms with Crippen LogP contribution >= 0.6 is 0 Å². The third-order valence-electron chi connectivity index (χ3n) is 2.27. The van der Waals surface area contributed by atoms with Crippen LogP contribution in [0.2, 0.25) is 0 Å². The standard InChI is InChI=1S/C13H24N2O3/c1-5-6-7-8-14-13(17)15-9-11(4)18-12(16)10(2)3/h11H,2,5-9H2,1,3-4H3,(H2,14,15,17). The molecule has 0 aliphatic heterocycles. The first-order valence-corrected chi connectivity index (χ1v) is 6.35. The zero-order valence-electron chi connectivity index (χ0n) is 11.5. The van der Waals surface area contributed by atoms with E-state index in [1.807, 2.05) is 0 Å². The summed E-state index contributed by atoms with van der Waals surface area (Å²) < 4.78 is 5.02. The number of esters is 1. The van der Waals surface area contributed by atoms with E-state index in [1.54, 1.807) is 13.8 Å². The van der Waals surface area contributed by atoms with Gasteiger partial charge < -0.3 is 15.4 Å². The van der Waals surface area contributed by atoms with E-state index in [0.29, 0.717) is 18.7 Å². The molecule has 0 bridgehead atoms. The van der Waals surface area contributed by atoms with Gasteiger partial charge in [-0.2, -0.15) is 0 Å². The molecule has 0 saturated heterocycles. The van der Waals surface area contributed by atoms with Gasteiger partial charge in [-0.3, -0.25) is 0 Å². The topological polar surface area (TPSA) is 67.4 Å². The lowest BCUT2D eigenvalue weighted by molar-refractivity contribution is -0.143. The highest BCUT2D eigenvalue weighted by molar-refractivity contribution is 5.87. The van der Waals surface area contributed by atoms with Crippen LogP contribution in [-0.2, 0) is 9.53 Å². The number of hydrogen-bond donors (Lipinski definition) is 2. The van der Waals surface area contributed by atoms with Gasteiger partial charge >= 0.3 is 12.0 Å². The summed E-state index contributed by atoms with van der Waals surface area (Å²) >= 11 is 0. The average Bonchev–Trinajstić information content (AvgIpc) is 2.32. The van der Waals surface area contributed by atoms with Gasteiger partial charge in [-0.15, -0.1) is 0 Å². The second-order valence-electron chi connectivity index (χ2n) is 4.34. The molecule has 2 N–H and O–H groups in total. The summed E-state index contributed by atoms with van der Waals surface area (Å²) in [6.07, 6.45) is 2.84. The van der Waals surface area contributed by atoms with E-state index in [9.17, 15) is 9.59 Å². The van der Waals surface area contributed by atoms with Crippen LogP contribution < -0.4 is 10.6 Å². The minimum absolute atomic E-state index is 0.232. The lowest BCUT2D eigenvalue weighted by Crippen LogP contribution is -2.40. The van der Waals surface area contributed by atoms with Crippen molar-refractivity contribution < 1.29 is 14.3 Å². The largest absolute Gasteiger partial charge is 0.457 e. The van der Waals surface area contributed by atoms with Gasteiger partial charge in [0.2, 0.25) is 0 Å². The van der Waals surface area contributed by atoms with Crippen molar-refractivity contribution >= 4 is 12.0 Å². The number of unbranched alkanes of at least 4 members (excludes halogenated alkanes) is 2. The maximum absolute atomic E-state index is 11.4. The van der Waals surface area contributed by atoms with E-state index in [0.717, 1.165) is 19.3 Å². The van der Waals surface area contributed by atoms with Crippen LogP contribution in [0, 0.1) is 0 Å². The number of nitrogens with one attached hydrogen (secondary N) is 2. The van der Waals surface area contributed by atoms with Crippen molar-refractivity contribution in [3.05, 3.63) is 12.2 Å². The zero-order chi connectivity index (χ0) is 14.0. The minimum Gasteiger partial charge on any atom is -0.457 e. The fourth-order valence-electron chi connectivity index (χ4n) is 1.20. The second kappa shape index (κ2) is 9.50. The van der Waals surface area contributed by atoms with Gasteiger partial charge in [0.25, 0.3) is 0 Å². The molecule has 5 nitrogen and oxygen atoms in total. The molecular weight excluding hydrogens is 232 g/mol. The van der Waals surface area contributed by atoms with Gasteiger partial charge in [0.1, 0.15) is 6.10 Å². The van der Waals surface area contributed by atoms with Crippen LogP contribution in [0.25, 0.3) is 0 Å². The maximum Gasteiger partial charge on any atom is 0.333 e. The first-order chi connectivity index (χ1) is 8.47. The molecular formula is C13H24N2O3. The van der Waals surface area contributed by atoms with Crippen molar-refractivity contribution in [2.45, 2.75) is 46.1 Å². The number of hydrogen-bond acceptors (Lipinski definition) is 3. The molecule has 0 aliphatic carbocycles. The SMILES string of the molecule is C=C(C)C(=O)OC(C)CNC(=O)NCCCCC. The van der Waals surface area contributed by atoms with Crippen molar-refractivity contribution in [3.63, 3.8) is 0 Å². The molecule has 1 unspecified atom stereocenters. The van der Waals surface area contributed by atoms with Crippen LogP contribution in [0.15, 0.2) is 12.2 Å². The number of carbonyl (C=O) groups is 2. The van der Waals surface area contributed by atoms with Gasteiger partial charge in [0.05, 0.1) is 6.54 Å². The molecule has 0 aromatic rings. The van der Waals surface area contributed by atoms with Gasteiger partial charge in [0.15, 0.2) is 0 Å². The molecule has 0 fully saturated rings. The molecule has 104 valence electrons. The van der Waals surface area contributed by atoms with E-state index in [1.165, 1.54) is 0 Å². The highest BCUT2D eigenvalue weighted by Gasteiger charge is 2.10. The van der Waals surface area contributed by atoms with Crippen LogP contribution in [0.1, 0.15) is 40.0 Å². The molecule has 0 saturated carbocycles. The molecule has 0 radical (unpaired) electrons. The number of urea groups is 1. The quantitative estimate of drug-likeness (QED) is 0.396. The smallest absolute Gasteiger partial charge is 0.333 e. The van der Waals surface area contributed by atoms with E-state index in [2.05, 4.69) is 24.1 Å². The van der Waals surface area contributed by atoms with E-state index >= 15 is 0 Å². The summed E-state index contributed by atoms with van der Waals surface area (Å²) in [6, 6.07) is -0.232. The number of rotatable bonds is 8. The average molecular weight is 256 g/mol. The Morgan fingerprint density at radius 2 is 1.94 bits per heavy atom. The monoisotopic (exact) mass is 256 g/mol. The van der Waals surface area contributed by atoms with Crippen LogP contribution in [0.5, 0.6) is 0 Å². The second-order valence-corrected chi connectivity index (χ2v) is 4.34. The van der Waals surface area contributed by atoms with Crippen molar-refractivity contribution in [2.24, 2.45) is 0 Å². The van der Waals surface area contributed by atoms with Crippen molar-refractivity contribution in [2.75, 3.05) is 13.1 Å². The Bertz CT molecular complexity index is 290. The molecule has 0 spiro atoms. The first kappa shape index (κ1) is 16.5. The Kier molecular flexibility index (Phi) is 8.70. The Balaban J connectivity index is 3.65. The fraction of sp³-hybridized carbons (Fsp3) is 0.692. The molecule has 0 rings (SSSR count). The van der Waals surface area contributed by atoms with Crippen molar-refractivity contribution in [3.8, 4) is 0 Å². The van der Waals surface area contributed by atoms with Crippen LogP contribution in [0.3, 0.4) is 0 Å². The lowest BCUT2D eigenvalue weighted by atomic mass is 10.2. The molecule has 0 aliphatic rings. The molecule has 5 heteroatoms. The highest BCUT2D eigenvalue weighted by atomic mass is 16.5. The summed E-state index contributed by atoms with van der Waals surface area (Å²) in [5.41, 5.74) is 0.353. The molecule has 18 heavy (non-hydrogen) atoms. The molecule has 0 aromatic heterocycles. The van der Waals surface area contributed by atoms with E-state index in [4.69, 9.17) is 4.74 Å². The Hall–Kier alpha value is -1.52. The minimum atomic E-state index is -0.437. The predicted molar refractivity (Wildman–Crippen MR) is 71.3 cm³/mol. The summed E-state index contributed by atoms with van der Waals surface area (Å²) in [5.74, 6) is -0.437. The Morgan fingerprint density at radius 1 is 1.28 bits per heavy atom. The van der Waals surface area contributed by atoms with Gasteiger partial charge in [0, 0.05) is 12.1 Å². The van der Waals surface area contributed by atoms with Gasteiger partial charge in [-0.25, -0.2) is 9.59 Å². The third kappa shape index (κ3) is 8.61. The lowest BCUT2D eigenvalue weighted by Gasteiger charge is -2.14. The van der Waals surface area contributed by atoms with Gasteiger partial charge in [-0.1, -0.05) is 26.3 Å².